The fraction of sp³-hybridized carbons (Fsp3) is 0.960. The topological polar surface area (TPSA) is 24.4 Å². The largest absolute Gasteiger partial charge is 0.332 e. The zero-order chi connectivity index (χ0) is 20.1. The maximum atomic E-state index is 5.03. The third-order valence-corrected chi connectivity index (χ3v) is 13.0. The second-order valence-corrected chi connectivity index (χ2v) is 16.9. The predicted octanol–water partition coefficient (Wildman–Crippen LogP) is 6.67. The van der Waals surface area contributed by atoms with Crippen LogP contribution in [0.5, 0.6) is 0 Å². The second kappa shape index (κ2) is 7.83. The monoisotopic (exact) mass is 402 g/mol. The van der Waals surface area contributed by atoms with Crippen LogP contribution in [0.3, 0.4) is 0 Å². The first-order chi connectivity index (χ1) is 13.2. The Morgan fingerprint density at radius 1 is 0.786 bits per heavy atom. The first kappa shape index (κ1) is 21.1. The second-order valence-electron chi connectivity index (χ2n) is 12.4. The third kappa shape index (κ3) is 3.91. The summed E-state index contributed by atoms with van der Waals surface area (Å²) < 4.78 is 0. The van der Waals surface area contributed by atoms with E-state index in [2.05, 4.69) is 45.9 Å². The molecular weight excluding hydrogens is 356 g/mol. The molecule has 2 nitrogen and oxygen atoms in total. The molecule has 3 heteroatoms. The average molecular weight is 403 g/mol. The summed E-state index contributed by atoms with van der Waals surface area (Å²) in [5.74, 6) is 5.55. The smallest absolute Gasteiger partial charge is 0.122 e. The Hall–Kier alpha value is -0.153. The molecule has 0 radical (unpaired) electrons. The summed E-state index contributed by atoms with van der Waals surface area (Å²) in [6.07, 6.45) is 14.8. The summed E-state index contributed by atoms with van der Waals surface area (Å²) in [7, 11) is 0.696. The van der Waals surface area contributed by atoms with Crippen LogP contribution in [0.25, 0.3) is 0 Å². The SMILES string of the molecule is CN=C1C2CCCCC2C2CC([Si](C)(C)NC(C)(C)C)CC2C2CCCCC12. The van der Waals surface area contributed by atoms with Crippen molar-refractivity contribution in [2.24, 2.45) is 40.5 Å². The van der Waals surface area contributed by atoms with Crippen LogP contribution in [0.2, 0.25) is 18.6 Å². The van der Waals surface area contributed by atoms with Gasteiger partial charge < -0.3 is 4.98 Å². The molecule has 0 heterocycles. The van der Waals surface area contributed by atoms with Crippen LogP contribution in [-0.2, 0) is 0 Å². The van der Waals surface area contributed by atoms with E-state index in [1.165, 1.54) is 64.2 Å². The number of nitrogens with zero attached hydrogens (tertiary/aromatic N) is 1. The van der Waals surface area contributed by atoms with E-state index in [1.54, 1.807) is 5.71 Å². The molecule has 0 aromatic heterocycles. The molecule has 0 aromatic carbocycles. The van der Waals surface area contributed by atoms with Gasteiger partial charge in [-0.25, -0.2) is 0 Å². The fourth-order valence-electron chi connectivity index (χ4n) is 8.43. The minimum Gasteiger partial charge on any atom is -0.332 e. The predicted molar refractivity (Wildman–Crippen MR) is 125 cm³/mol. The number of rotatable bonds is 2. The molecule has 0 spiro atoms. The number of aliphatic imine (C=N–C) groups is 1. The summed E-state index contributed by atoms with van der Waals surface area (Å²) in [6.45, 7) is 12.4. The van der Waals surface area contributed by atoms with Gasteiger partial charge >= 0.3 is 0 Å². The molecule has 0 bridgehead atoms. The minimum atomic E-state index is -1.43. The quantitative estimate of drug-likeness (QED) is 0.512. The van der Waals surface area contributed by atoms with E-state index < -0.39 is 8.24 Å². The molecule has 4 aliphatic carbocycles. The molecule has 0 saturated heterocycles. The molecule has 0 aliphatic heterocycles. The highest BCUT2D eigenvalue weighted by Crippen LogP contribution is 2.60. The van der Waals surface area contributed by atoms with Crippen molar-refractivity contribution in [2.45, 2.75) is 109 Å². The van der Waals surface area contributed by atoms with Gasteiger partial charge in [-0.15, -0.1) is 0 Å². The summed E-state index contributed by atoms with van der Waals surface area (Å²) >= 11 is 0. The van der Waals surface area contributed by atoms with E-state index >= 15 is 0 Å². The standard InChI is InChI=1S/C25H46N2Si/c1-25(2,3)27-28(5,6)17-15-22-18-11-7-9-13-20(18)24(26-4)21-14-10-8-12-19(21)23(22)16-17/h17-23,27H,7-16H2,1-6H3. The van der Waals surface area contributed by atoms with Gasteiger partial charge in [-0.3, -0.25) is 4.99 Å². The lowest BCUT2D eigenvalue weighted by Crippen LogP contribution is -2.56. The van der Waals surface area contributed by atoms with E-state index in [0.29, 0.717) is 0 Å². The Kier molecular flexibility index (Phi) is 5.90. The molecule has 4 saturated carbocycles. The lowest BCUT2D eigenvalue weighted by molar-refractivity contribution is 0.126. The zero-order valence-electron chi connectivity index (χ0n) is 19.6. The van der Waals surface area contributed by atoms with Crippen molar-refractivity contribution in [1.82, 2.24) is 4.98 Å². The molecule has 4 rings (SSSR count). The van der Waals surface area contributed by atoms with E-state index in [0.717, 1.165) is 41.0 Å². The van der Waals surface area contributed by atoms with Crippen molar-refractivity contribution in [3.8, 4) is 0 Å². The maximum absolute atomic E-state index is 5.03. The van der Waals surface area contributed by atoms with Crippen LogP contribution in [0.15, 0.2) is 4.99 Å². The molecule has 0 aromatic rings. The Balaban J connectivity index is 1.65. The van der Waals surface area contributed by atoms with Gasteiger partial charge in [-0.2, -0.15) is 0 Å². The van der Waals surface area contributed by atoms with Gasteiger partial charge in [-0.1, -0.05) is 38.8 Å². The molecule has 1 N–H and O–H groups in total. The van der Waals surface area contributed by atoms with Crippen LogP contribution in [-0.4, -0.2) is 26.5 Å². The van der Waals surface area contributed by atoms with Crippen LogP contribution in [0, 0.1) is 35.5 Å². The molecule has 4 fully saturated rings. The summed E-state index contributed by atoms with van der Waals surface area (Å²) in [5.41, 5.74) is 2.90. The molecule has 0 amide bonds. The Labute approximate surface area is 175 Å². The zero-order valence-corrected chi connectivity index (χ0v) is 20.6. The Morgan fingerprint density at radius 2 is 1.25 bits per heavy atom. The highest BCUT2D eigenvalue weighted by atomic mass is 28.3. The fourth-order valence-corrected chi connectivity index (χ4v) is 12.3. The van der Waals surface area contributed by atoms with E-state index in [9.17, 15) is 0 Å². The van der Waals surface area contributed by atoms with E-state index in [-0.39, 0.29) is 5.54 Å². The van der Waals surface area contributed by atoms with Crippen LogP contribution in [0.4, 0.5) is 0 Å². The van der Waals surface area contributed by atoms with Crippen LogP contribution < -0.4 is 4.98 Å². The first-order valence-electron chi connectivity index (χ1n) is 12.5. The van der Waals surface area contributed by atoms with Crippen molar-refractivity contribution in [3.63, 3.8) is 0 Å². The average Bonchev–Trinajstić information content (AvgIpc) is 3.03. The van der Waals surface area contributed by atoms with Crippen molar-refractivity contribution in [1.29, 1.82) is 0 Å². The van der Waals surface area contributed by atoms with E-state index in [4.69, 9.17) is 4.99 Å². The molecule has 6 atom stereocenters. The number of fused-ring (bicyclic) bond motifs is 5. The first-order valence-corrected chi connectivity index (χ1v) is 15.5. The van der Waals surface area contributed by atoms with Crippen LogP contribution in [0.1, 0.15) is 85.0 Å². The van der Waals surface area contributed by atoms with Gasteiger partial charge in [0.25, 0.3) is 0 Å². The van der Waals surface area contributed by atoms with Gasteiger partial charge in [0.05, 0.1) is 0 Å². The number of nitrogens with one attached hydrogen (secondary N) is 1. The van der Waals surface area contributed by atoms with Crippen LogP contribution >= 0.6 is 0 Å². The lowest BCUT2D eigenvalue weighted by Gasteiger charge is -2.40. The number of hydrogen-bond acceptors (Lipinski definition) is 2. The molecule has 6 unspecified atom stereocenters. The Morgan fingerprint density at radius 3 is 1.68 bits per heavy atom. The molecule has 28 heavy (non-hydrogen) atoms. The molecule has 160 valence electrons. The van der Waals surface area contributed by atoms with Gasteiger partial charge in [-0.05, 0) is 88.5 Å². The van der Waals surface area contributed by atoms with Crippen molar-refractivity contribution >= 4 is 13.9 Å². The highest BCUT2D eigenvalue weighted by molar-refractivity contribution is 6.76. The molecule has 4 aliphatic rings. The van der Waals surface area contributed by atoms with Gasteiger partial charge in [0, 0.05) is 30.1 Å². The number of hydrogen-bond donors (Lipinski definition) is 1. The lowest BCUT2D eigenvalue weighted by atomic mass is 9.68. The van der Waals surface area contributed by atoms with Crippen molar-refractivity contribution < 1.29 is 0 Å². The van der Waals surface area contributed by atoms with Gasteiger partial charge in [0.1, 0.15) is 8.24 Å². The maximum Gasteiger partial charge on any atom is 0.122 e. The van der Waals surface area contributed by atoms with E-state index in [1.807, 2.05) is 0 Å². The summed E-state index contributed by atoms with van der Waals surface area (Å²) in [5, 5.41) is 0. The van der Waals surface area contributed by atoms with Gasteiger partial charge in [0.2, 0.25) is 0 Å². The van der Waals surface area contributed by atoms with Crippen molar-refractivity contribution in [3.05, 3.63) is 0 Å². The van der Waals surface area contributed by atoms with Gasteiger partial charge in [0.15, 0.2) is 0 Å². The summed E-state index contributed by atoms with van der Waals surface area (Å²) in [4.78, 5) is 9.17. The normalized spacial score (nSPS) is 41.6. The minimum absolute atomic E-state index is 0.253. The third-order valence-electron chi connectivity index (χ3n) is 9.14. The highest BCUT2D eigenvalue weighted by Gasteiger charge is 2.55. The molecular formula is C25H46N2Si. The summed E-state index contributed by atoms with van der Waals surface area (Å²) in [6, 6.07) is 0. The van der Waals surface area contributed by atoms with Crippen molar-refractivity contribution in [2.75, 3.05) is 7.05 Å². The Bertz CT molecular complexity index is 556.